The fourth-order valence-corrected chi connectivity index (χ4v) is 1.63. The predicted octanol–water partition coefficient (Wildman–Crippen LogP) is 2.04. The third-order valence-electron chi connectivity index (χ3n) is 2.85. The summed E-state index contributed by atoms with van der Waals surface area (Å²) in [6.45, 7) is 3.97. The van der Waals surface area contributed by atoms with Gasteiger partial charge in [0.1, 0.15) is 5.82 Å². The van der Waals surface area contributed by atoms with E-state index >= 15 is 0 Å². The molecule has 7 heteroatoms. The fraction of sp³-hybridized carbons (Fsp3) is 0.333. The van der Waals surface area contributed by atoms with Crippen LogP contribution in [0, 0.1) is 16.0 Å². The number of aromatic amines is 1. The van der Waals surface area contributed by atoms with E-state index in [4.69, 9.17) is 5.73 Å². The van der Waals surface area contributed by atoms with Crippen molar-refractivity contribution in [1.29, 1.82) is 0 Å². The van der Waals surface area contributed by atoms with Crippen LogP contribution in [0.5, 0.6) is 0 Å². The molecule has 1 atom stereocenters. The van der Waals surface area contributed by atoms with Gasteiger partial charge in [0.2, 0.25) is 0 Å². The van der Waals surface area contributed by atoms with E-state index in [0.717, 1.165) is 0 Å². The minimum Gasteiger partial charge on any atom is -0.321 e. The summed E-state index contributed by atoms with van der Waals surface area (Å²) in [7, 11) is 0. The average Bonchev–Trinajstić information content (AvgIpc) is 2.87. The maximum absolute atomic E-state index is 10.7. The summed E-state index contributed by atoms with van der Waals surface area (Å²) in [4.78, 5) is 14.6. The molecule has 0 spiro atoms. The van der Waals surface area contributed by atoms with Gasteiger partial charge < -0.3 is 5.73 Å². The van der Waals surface area contributed by atoms with Gasteiger partial charge in [-0.25, -0.2) is 4.98 Å². The number of hydrogen-bond donors (Lipinski definition) is 2. The predicted molar refractivity (Wildman–Crippen MR) is 70.2 cm³/mol. The minimum absolute atomic E-state index is 0.0111. The zero-order valence-corrected chi connectivity index (χ0v) is 10.7. The van der Waals surface area contributed by atoms with Crippen LogP contribution in [0.3, 0.4) is 0 Å². The molecule has 2 rings (SSSR count). The molecule has 1 aromatic heterocycles. The van der Waals surface area contributed by atoms with Crippen LogP contribution < -0.4 is 5.73 Å². The highest BCUT2D eigenvalue weighted by Gasteiger charge is 2.16. The molecule has 2 aromatic rings. The first-order valence-electron chi connectivity index (χ1n) is 5.91. The molecule has 0 saturated carbocycles. The maximum Gasteiger partial charge on any atom is 0.270 e. The number of nitrogens with one attached hydrogen (secondary N) is 1. The summed E-state index contributed by atoms with van der Waals surface area (Å²) in [5.74, 6) is 1.22. The SMILES string of the molecule is CC(C)[C@@H](N)c1nc(-c2cccc([N+](=O)[O-])c2)n[nH]1. The van der Waals surface area contributed by atoms with Crippen LogP contribution in [0.15, 0.2) is 24.3 Å². The van der Waals surface area contributed by atoms with Crippen molar-refractivity contribution in [2.75, 3.05) is 0 Å². The Morgan fingerprint density at radius 3 is 2.79 bits per heavy atom. The lowest BCUT2D eigenvalue weighted by atomic mass is 10.1. The van der Waals surface area contributed by atoms with E-state index in [9.17, 15) is 10.1 Å². The van der Waals surface area contributed by atoms with Crippen molar-refractivity contribution in [2.45, 2.75) is 19.9 Å². The molecule has 19 heavy (non-hydrogen) atoms. The number of hydrogen-bond acceptors (Lipinski definition) is 5. The fourth-order valence-electron chi connectivity index (χ4n) is 1.63. The zero-order valence-electron chi connectivity index (χ0n) is 10.7. The second-order valence-electron chi connectivity index (χ2n) is 4.62. The number of aromatic nitrogens is 3. The van der Waals surface area contributed by atoms with E-state index < -0.39 is 4.92 Å². The van der Waals surface area contributed by atoms with Crippen LogP contribution >= 0.6 is 0 Å². The van der Waals surface area contributed by atoms with Gasteiger partial charge in [-0.2, -0.15) is 5.10 Å². The number of nitro groups is 1. The third kappa shape index (κ3) is 2.76. The van der Waals surface area contributed by atoms with Crippen molar-refractivity contribution in [3.8, 4) is 11.4 Å². The molecule has 0 aliphatic heterocycles. The highest BCUT2D eigenvalue weighted by atomic mass is 16.6. The Morgan fingerprint density at radius 1 is 1.42 bits per heavy atom. The summed E-state index contributed by atoms with van der Waals surface area (Å²) in [6.07, 6.45) is 0. The molecule has 0 unspecified atom stereocenters. The van der Waals surface area contributed by atoms with Crippen molar-refractivity contribution < 1.29 is 4.92 Å². The lowest BCUT2D eigenvalue weighted by Gasteiger charge is -2.11. The van der Waals surface area contributed by atoms with Crippen LogP contribution in [0.1, 0.15) is 25.7 Å². The van der Waals surface area contributed by atoms with Crippen LogP contribution in [0.4, 0.5) is 5.69 Å². The van der Waals surface area contributed by atoms with Gasteiger partial charge in [-0.05, 0) is 5.92 Å². The Morgan fingerprint density at radius 2 is 2.16 bits per heavy atom. The van der Waals surface area contributed by atoms with Crippen molar-refractivity contribution in [2.24, 2.45) is 11.7 Å². The smallest absolute Gasteiger partial charge is 0.270 e. The molecule has 0 aliphatic rings. The van der Waals surface area contributed by atoms with Gasteiger partial charge in [-0.3, -0.25) is 15.2 Å². The highest BCUT2D eigenvalue weighted by Crippen LogP contribution is 2.22. The van der Waals surface area contributed by atoms with Crippen LogP contribution in [-0.4, -0.2) is 20.1 Å². The molecule has 1 heterocycles. The van der Waals surface area contributed by atoms with E-state index in [1.54, 1.807) is 12.1 Å². The average molecular weight is 261 g/mol. The molecule has 7 nitrogen and oxygen atoms in total. The first-order valence-corrected chi connectivity index (χ1v) is 5.91. The number of rotatable bonds is 4. The van der Waals surface area contributed by atoms with E-state index in [-0.39, 0.29) is 17.6 Å². The van der Waals surface area contributed by atoms with Gasteiger partial charge in [-0.15, -0.1) is 0 Å². The summed E-state index contributed by atoms with van der Waals surface area (Å²) >= 11 is 0. The second-order valence-corrected chi connectivity index (χ2v) is 4.62. The minimum atomic E-state index is -0.448. The number of benzene rings is 1. The topological polar surface area (TPSA) is 111 Å². The molecule has 0 aliphatic carbocycles. The van der Waals surface area contributed by atoms with Gasteiger partial charge >= 0.3 is 0 Å². The normalized spacial score (nSPS) is 12.6. The van der Waals surface area contributed by atoms with Gasteiger partial charge in [-0.1, -0.05) is 26.0 Å². The summed E-state index contributed by atoms with van der Waals surface area (Å²) in [6, 6.07) is 5.96. The molecule has 0 saturated heterocycles. The molecule has 0 fully saturated rings. The number of nitro benzene ring substituents is 1. The summed E-state index contributed by atoms with van der Waals surface area (Å²) < 4.78 is 0. The Labute approximate surface area is 110 Å². The Balaban J connectivity index is 2.33. The maximum atomic E-state index is 10.7. The molecule has 0 amide bonds. The number of nitrogens with two attached hydrogens (primary N) is 1. The molecule has 1 aromatic carbocycles. The van der Waals surface area contributed by atoms with Crippen LogP contribution in [0.25, 0.3) is 11.4 Å². The largest absolute Gasteiger partial charge is 0.321 e. The van der Waals surface area contributed by atoms with E-state index in [2.05, 4.69) is 15.2 Å². The first kappa shape index (κ1) is 13.2. The van der Waals surface area contributed by atoms with Crippen molar-refractivity contribution >= 4 is 5.69 Å². The summed E-state index contributed by atoms with van der Waals surface area (Å²) in [5.41, 5.74) is 6.57. The lowest BCUT2D eigenvalue weighted by molar-refractivity contribution is -0.384. The van der Waals surface area contributed by atoms with E-state index in [1.807, 2.05) is 13.8 Å². The highest BCUT2D eigenvalue weighted by molar-refractivity contribution is 5.58. The standard InChI is InChI=1S/C12H15N5O2/c1-7(2)10(13)12-14-11(15-16-12)8-4-3-5-9(6-8)17(18)19/h3-7,10H,13H2,1-2H3,(H,14,15,16)/t10-/m1/s1. The first-order chi connectivity index (χ1) is 8.99. The molecule has 100 valence electrons. The van der Waals surface area contributed by atoms with E-state index in [1.165, 1.54) is 12.1 Å². The monoisotopic (exact) mass is 261 g/mol. The molecule has 0 bridgehead atoms. The third-order valence-corrected chi connectivity index (χ3v) is 2.85. The molecular weight excluding hydrogens is 246 g/mol. The van der Waals surface area contributed by atoms with Gasteiger partial charge in [0.15, 0.2) is 5.82 Å². The van der Waals surface area contributed by atoms with Gasteiger partial charge in [0.05, 0.1) is 11.0 Å². The Bertz CT molecular complexity index is 593. The number of H-pyrrole nitrogens is 1. The Kier molecular flexibility index (Phi) is 3.57. The van der Waals surface area contributed by atoms with E-state index in [0.29, 0.717) is 17.2 Å². The van der Waals surface area contributed by atoms with Gasteiger partial charge in [0, 0.05) is 17.7 Å². The lowest BCUT2D eigenvalue weighted by Crippen LogP contribution is -2.18. The molecule has 0 radical (unpaired) electrons. The molecule has 3 N–H and O–H groups in total. The number of non-ortho nitro benzene ring substituents is 1. The Hall–Kier alpha value is -2.28. The summed E-state index contributed by atoms with van der Waals surface area (Å²) in [5, 5.41) is 17.6. The van der Waals surface area contributed by atoms with Crippen molar-refractivity contribution in [3.63, 3.8) is 0 Å². The van der Waals surface area contributed by atoms with Gasteiger partial charge in [0.25, 0.3) is 5.69 Å². The number of nitrogens with zero attached hydrogens (tertiary/aromatic N) is 3. The molecular formula is C12H15N5O2. The second kappa shape index (κ2) is 5.15. The zero-order chi connectivity index (χ0) is 14.0. The van der Waals surface area contributed by atoms with Crippen LogP contribution in [0.2, 0.25) is 0 Å². The van der Waals surface area contributed by atoms with Crippen LogP contribution in [-0.2, 0) is 0 Å². The van der Waals surface area contributed by atoms with Crippen molar-refractivity contribution in [1.82, 2.24) is 15.2 Å². The quantitative estimate of drug-likeness (QED) is 0.646. The van der Waals surface area contributed by atoms with Crippen molar-refractivity contribution in [3.05, 3.63) is 40.2 Å².